The van der Waals surface area contributed by atoms with Crippen LogP contribution in [0.2, 0.25) is 0 Å². The Kier molecular flexibility index (Phi) is 3.81. The van der Waals surface area contributed by atoms with Crippen molar-refractivity contribution in [1.29, 1.82) is 0 Å². The van der Waals surface area contributed by atoms with Crippen molar-refractivity contribution in [3.05, 3.63) is 0 Å². The largest absolute Gasteiger partial charge is 0.397 e. The van der Waals surface area contributed by atoms with Crippen LogP contribution < -0.4 is 0 Å². The molecular weight excluding hydrogens is 236 g/mol. The van der Waals surface area contributed by atoms with Crippen LogP contribution in [-0.4, -0.2) is 45.5 Å². The minimum absolute atomic E-state index is 0.0219. The maximum Gasteiger partial charge on any atom is 0.397 e. The maximum absolute atomic E-state index is 10.8. The van der Waals surface area contributed by atoms with Gasteiger partial charge in [-0.25, -0.2) is 4.18 Å². The van der Waals surface area contributed by atoms with Crippen molar-refractivity contribution in [3.63, 3.8) is 0 Å². The standard InChI is InChI=1S/C9H16O6S/c10-16(11,12)15-9(7-1-3-13-5-7)8-2-4-14-6-8/h7-9H,1-6H2,(H,10,11,12). The van der Waals surface area contributed by atoms with Gasteiger partial charge in [0.2, 0.25) is 0 Å². The fourth-order valence-electron chi connectivity index (χ4n) is 2.31. The Morgan fingerprint density at radius 2 is 1.62 bits per heavy atom. The summed E-state index contributed by atoms with van der Waals surface area (Å²) in [5, 5.41) is 0. The molecule has 2 fully saturated rings. The SMILES string of the molecule is O=S(=O)(O)OC(C1CCOC1)C1CCOC1. The first-order chi connectivity index (χ1) is 7.56. The molecule has 2 atom stereocenters. The lowest BCUT2D eigenvalue weighted by Gasteiger charge is -2.25. The van der Waals surface area contributed by atoms with Gasteiger partial charge in [-0.2, -0.15) is 8.42 Å². The number of ether oxygens (including phenoxy) is 2. The molecular formula is C9H16O6S. The highest BCUT2D eigenvalue weighted by molar-refractivity contribution is 7.80. The lowest BCUT2D eigenvalue weighted by molar-refractivity contribution is 0.0521. The summed E-state index contributed by atoms with van der Waals surface area (Å²) in [5.74, 6) is 0.0437. The molecule has 2 aliphatic heterocycles. The highest BCUT2D eigenvalue weighted by Crippen LogP contribution is 2.30. The van der Waals surface area contributed by atoms with Gasteiger partial charge in [0.25, 0.3) is 0 Å². The third-order valence-corrected chi connectivity index (χ3v) is 3.56. The van der Waals surface area contributed by atoms with E-state index in [9.17, 15) is 8.42 Å². The maximum atomic E-state index is 10.8. The van der Waals surface area contributed by atoms with E-state index < -0.39 is 16.5 Å². The van der Waals surface area contributed by atoms with Crippen LogP contribution in [0.5, 0.6) is 0 Å². The first kappa shape index (κ1) is 12.3. The van der Waals surface area contributed by atoms with E-state index in [0.717, 1.165) is 12.8 Å². The lowest BCUT2D eigenvalue weighted by atomic mass is 9.90. The van der Waals surface area contributed by atoms with Crippen LogP contribution >= 0.6 is 0 Å². The fourth-order valence-corrected chi connectivity index (χ4v) is 2.90. The van der Waals surface area contributed by atoms with Crippen LogP contribution in [0.25, 0.3) is 0 Å². The quantitative estimate of drug-likeness (QED) is 0.722. The Labute approximate surface area is 94.8 Å². The molecule has 1 N–H and O–H groups in total. The van der Waals surface area contributed by atoms with Gasteiger partial charge in [-0.3, -0.25) is 4.55 Å². The molecule has 0 aliphatic carbocycles. The normalized spacial score (nSPS) is 33.1. The topological polar surface area (TPSA) is 82.1 Å². The zero-order valence-electron chi connectivity index (χ0n) is 8.87. The molecule has 0 aromatic carbocycles. The molecule has 2 saturated heterocycles. The zero-order chi connectivity index (χ0) is 11.6. The van der Waals surface area contributed by atoms with Gasteiger partial charge in [0.15, 0.2) is 0 Å². The molecule has 2 heterocycles. The van der Waals surface area contributed by atoms with Crippen LogP contribution in [0.1, 0.15) is 12.8 Å². The van der Waals surface area contributed by atoms with E-state index in [1.807, 2.05) is 0 Å². The molecule has 7 heteroatoms. The summed E-state index contributed by atoms with van der Waals surface area (Å²) in [6.45, 7) is 2.19. The Balaban J connectivity index is 2.05. The average Bonchev–Trinajstić information content (AvgIpc) is 2.86. The summed E-state index contributed by atoms with van der Waals surface area (Å²) >= 11 is 0. The van der Waals surface area contributed by atoms with Crippen LogP contribution in [0, 0.1) is 11.8 Å². The summed E-state index contributed by atoms with van der Waals surface area (Å²) < 4.78 is 45.6. The highest BCUT2D eigenvalue weighted by atomic mass is 32.3. The molecule has 2 rings (SSSR count). The van der Waals surface area contributed by atoms with Gasteiger partial charge in [0.1, 0.15) is 0 Å². The molecule has 94 valence electrons. The van der Waals surface area contributed by atoms with Crippen molar-refractivity contribution in [3.8, 4) is 0 Å². The van der Waals surface area contributed by atoms with E-state index >= 15 is 0 Å². The predicted molar refractivity (Wildman–Crippen MR) is 54.3 cm³/mol. The van der Waals surface area contributed by atoms with E-state index in [0.29, 0.717) is 26.4 Å². The first-order valence-corrected chi connectivity index (χ1v) is 6.74. The van der Waals surface area contributed by atoms with E-state index in [-0.39, 0.29) is 11.8 Å². The van der Waals surface area contributed by atoms with E-state index in [4.69, 9.17) is 18.2 Å². The van der Waals surface area contributed by atoms with Crippen molar-refractivity contribution in [2.24, 2.45) is 11.8 Å². The van der Waals surface area contributed by atoms with Gasteiger partial charge >= 0.3 is 10.4 Å². The molecule has 2 aliphatic rings. The molecule has 0 radical (unpaired) electrons. The molecule has 0 aromatic heterocycles. The molecule has 0 spiro atoms. The Morgan fingerprint density at radius 3 is 1.94 bits per heavy atom. The van der Waals surface area contributed by atoms with E-state index in [1.165, 1.54) is 0 Å². The monoisotopic (exact) mass is 252 g/mol. The minimum Gasteiger partial charge on any atom is -0.381 e. The molecule has 0 aromatic rings. The molecule has 6 nitrogen and oxygen atoms in total. The Hall–Kier alpha value is -0.210. The molecule has 0 bridgehead atoms. The second kappa shape index (κ2) is 4.97. The molecule has 16 heavy (non-hydrogen) atoms. The zero-order valence-corrected chi connectivity index (χ0v) is 9.69. The summed E-state index contributed by atoms with van der Waals surface area (Å²) in [7, 11) is -4.41. The van der Waals surface area contributed by atoms with Crippen molar-refractivity contribution >= 4 is 10.4 Å². The van der Waals surface area contributed by atoms with Gasteiger partial charge in [-0.05, 0) is 12.8 Å². The summed E-state index contributed by atoms with van der Waals surface area (Å²) in [6, 6.07) is 0. The van der Waals surface area contributed by atoms with Crippen LogP contribution in [0.3, 0.4) is 0 Å². The molecule has 2 unspecified atom stereocenters. The second-order valence-electron chi connectivity index (χ2n) is 4.24. The number of hydrogen-bond donors (Lipinski definition) is 1. The van der Waals surface area contributed by atoms with Crippen LogP contribution in [0.4, 0.5) is 0 Å². The summed E-state index contributed by atoms with van der Waals surface area (Å²) in [6.07, 6.45) is 0.993. The first-order valence-electron chi connectivity index (χ1n) is 5.37. The van der Waals surface area contributed by atoms with Gasteiger partial charge in [-0.15, -0.1) is 0 Å². The highest BCUT2D eigenvalue weighted by Gasteiger charge is 2.37. The van der Waals surface area contributed by atoms with E-state index in [2.05, 4.69) is 0 Å². The minimum atomic E-state index is -4.41. The van der Waals surface area contributed by atoms with Gasteiger partial charge < -0.3 is 9.47 Å². The van der Waals surface area contributed by atoms with Crippen molar-refractivity contribution in [2.75, 3.05) is 26.4 Å². The number of hydrogen-bond acceptors (Lipinski definition) is 5. The van der Waals surface area contributed by atoms with Gasteiger partial charge in [0.05, 0.1) is 19.3 Å². The van der Waals surface area contributed by atoms with Crippen molar-refractivity contribution < 1.29 is 26.6 Å². The van der Waals surface area contributed by atoms with Gasteiger partial charge in [-0.1, -0.05) is 0 Å². The van der Waals surface area contributed by atoms with E-state index in [1.54, 1.807) is 0 Å². The Bertz CT molecular complexity index is 299. The second-order valence-corrected chi connectivity index (χ2v) is 5.28. The average molecular weight is 252 g/mol. The fraction of sp³-hybridized carbons (Fsp3) is 1.00. The number of rotatable bonds is 4. The molecule has 0 saturated carbocycles. The predicted octanol–water partition coefficient (Wildman–Crippen LogP) is 0.247. The lowest BCUT2D eigenvalue weighted by Crippen LogP contribution is -2.34. The van der Waals surface area contributed by atoms with Crippen molar-refractivity contribution in [2.45, 2.75) is 18.9 Å². The third kappa shape index (κ3) is 3.14. The van der Waals surface area contributed by atoms with Crippen LogP contribution in [0.15, 0.2) is 0 Å². The third-order valence-electron chi connectivity index (χ3n) is 3.09. The van der Waals surface area contributed by atoms with Crippen LogP contribution in [-0.2, 0) is 24.1 Å². The summed E-state index contributed by atoms with van der Waals surface area (Å²) in [4.78, 5) is 0. The summed E-state index contributed by atoms with van der Waals surface area (Å²) in [5.41, 5.74) is 0. The van der Waals surface area contributed by atoms with Gasteiger partial charge in [0, 0.05) is 25.0 Å². The smallest absolute Gasteiger partial charge is 0.381 e. The molecule has 0 amide bonds. The Morgan fingerprint density at radius 1 is 1.12 bits per heavy atom. The van der Waals surface area contributed by atoms with Crippen molar-refractivity contribution in [1.82, 2.24) is 0 Å².